The topological polar surface area (TPSA) is 61.5 Å². The molecule has 16 heavy (non-hydrogen) atoms. The molecule has 0 heterocycles. The van der Waals surface area contributed by atoms with Gasteiger partial charge >= 0.3 is 5.97 Å². The van der Waals surface area contributed by atoms with Crippen LogP contribution >= 0.6 is 11.6 Å². The first-order valence-electron chi connectivity index (χ1n) is 4.74. The number of nitrogens with two attached hydrogens (primary N) is 1. The Hall–Kier alpha value is -1.26. The monoisotopic (exact) mass is 243 g/mol. The first kappa shape index (κ1) is 12.8. The molecule has 0 aliphatic carbocycles. The molecule has 1 aromatic rings. The molecule has 0 saturated carbocycles. The van der Waals surface area contributed by atoms with E-state index in [0.717, 1.165) is 5.56 Å². The summed E-state index contributed by atoms with van der Waals surface area (Å²) in [6, 6.07) is 4.76. The second kappa shape index (κ2) is 5.72. The van der Waals surface area contributed by atoms with Crippen LogP contribution in [-0.2, 0) is 9.53 Å². The van der Waals surface area contributed by atoms with E-state index in [1.54, 1.807) is 18.2 Å². The highest BCUT2D eigenvalue weighted by Crippen LogP contribution is 2.27. The Balaban J connectivity index is 2.80. The summed E-state index contributed by atoms with van der Waals surface area (Å²) in [6.07, 6.45) is 0.124. The maximum atomic E-state index is 11.0. The van der Waals surface area contributed by atoms with Gasteiger partial charge in [-0.15, -0.1) is 0 Å². The standard InChI is InChI=1S/C11H14ClNO3/c1-15-10-4-3-7(5-8(10)12)9(13)6-11(14)16-2/h3-5,9H,6,13H2,1-2H3/t9-/m0/s1. The predicted octanol–water partition coefficient (Wildman–Crippen LogP) is 1.91. The van der Waals surface area contributed by atoms with Crippen molar-refractivity contribution in [3.8, 4) is 5.75 Å². The van der Waals surface area contributed by atoms with Crippen molar-refractivity contribution in [1.82, 2.24) is 0 Å². The van der Waals surface area contributed by atoms with Crippen molar-refractivity contribution in [1.29, 1.82) is 0 Å². The third kappa shape index (κ3) is 3.12. The molecule has 0 unspecified atom stereocenters. The van der Waals surface area contributed by atoms with Crippen LogP contribution in [0.15, 0.2) is 18.2 Å². The molecule has 88 valence electrons. The number of hydrogen-bond donors (Lipinski definition) is 1. The fourth-order valence-electron chi connectivity index (χ4n) is 1.29. The first-order valence-corrected chi connectivity index (χ1v) is 5.12. The molecule has 0 amide bonds. The molecule has 0 spiro atoms. The van der Waals surface area contributed by atoms with E-state index in [4.69, 9.17) is 22.1 Å². The first-order chi connectivity index (χ1) is 7.58. The number of hydrogen-bond acceptors (Lipinski definition) is 4. The van der Waals surface area contributed by atoms with Crippen molar-refractivity contribution in [3.63, 3.8) is 0 Å². The number of rotatable bonds is 4. The highest BCUT2D eigenvalue weighted by atomic mass is 35.5. The van der Waals surface area contributed by atoms with E-state index in [9.17, 15) is 4.79 Å². The molecule has 1 atom stereocenters. The van der Waals surface area contributed by atoms with Crippen LogP contribution in [0.3, 0.4) is 0 Å². The highest BCUT2D eigenvalue weighted by Gasteiger charge is 2.13. The van der Waals surface area contributed by atoms with Gasteiger partial charge in [-0.1, -0.05) is 17.7 Å². The van der Waals surface area contributed by atoms with Crippen molar-refractivity contribution < 1.29 is 14.3 Å². The van der Waals surface area contributed by atoms with Crippen LogP contribution in [0, 0.1) is 0 Å². The van der Waals surface area contributed by atoms with Crippen LogP contribution in [-0.4, -0.2) is 20.2 Å². The molecule has 0 fully saturated rings. The number of esters is 1. The summed E-state index contributed by atoms with van der Waals surface area (Å²) in [5.41, 5.74) is 6.61. The molecule has 0 radical (unpaired) electrons. The largest absolute Gasteiger partial charge is 0.495 e. The van der Waals surface area contributed by atoms with Gasteiger partial charge in [-0.25, -0.2) is 0 Å². The normalized spacial score (nSPS) is 12.0. The molecule has 4 nitrogen and oxygen atoms in total. The van der Waals surface area contributed by atoms with Crippen molar-refractivity contribution in [2.24, 2.45) is 5.73 Å². The Kier molecular flexibility index (Phi) is 4.58. The Morgan fingerprint density at radius 2 is 2.19 bits per heavy atom. The number of ether oxygens (including phenoxy) is 2. The summed E-state index contributed by atoms with van der Waals surface area (Å²) in [6.45, 7) is 0. The van der Waals surface area contributed by atoms with Gasteiger partial charge in [-0.05, 0) is 17.7 Å². The lowest BCUT2D eigenvalue weighted by Gasteiger charge is -2.12. The van der Waals surface area contributed by atoms with E-state index in [1.807, 2.05) is 0 Å². The molecular weight excluding hydrogens is 230 g/mol. The smallest absolute Gasteiger partial charge is 0.307 e. The summed E-state index contributed by atoms with van der Waals surface area (Å²) in [4.78, 5) is 11.0. The van der Waals surface area contributed by atoms with E-state index in [1.165, 1.54) is 14.2 Å². The van der Waals surface area contributed by atoms with Gasteiger partial charge in [0.15, 0.2) is 0 Å². The van der Waals surface area contributed by atoms with Crippen molar-refractivity contribution in [2.45, 2.75) is 12.5 Å². The van der Waals surface area contributed by atoms with E-state index in [2.05, 4.69) is 4.74 Å². The number of benzene rings is 1. The molecule has 0 saturated heterocycles. The highest BCUT2D eigenvalue weighted by molar-refractivity contribution is 6.32. The minimum absolute atomic E-state index is 0.124. The fraction of sp³-hybridized carbons (Fsp3) is 0.364. The molecule has 0 aliphatic rings. The SMILES string of the molecule is COC(=O)C[C@H](N)c1ccc(OC)c(Cl)c1. The number of methoxy groups -OCH3 is 2. The molecule has 0 aromatic heterocycles. The van der Waals surface area contributed by atoms with Crippen LogP contribution in [0.25, 0.3) is 0 Å². The maximum absolute atomic E-state index is 11.0. The van der Waals surface area contributed by atoms with Gasteiger partial charge in [0.2, 0.25) is 0 Å². The Morgan fingerprint density at radius 3 is 2.69 bits per heavy atom. The summed E-state index contributed by atoms with van der Waals surface area (Å²) in [7, 11) is 2.87. The van der Waals surface area contributed by atoms with Crippen LogP contribution in [0.4, 0.5) is 0 Å². The van der Waals surface area contributed by atoms with Crippen LogP contribution in [0.1, 0.15) is 18.0 Å². The summed E-state index contributed by atoms with van der Waals surface area (Å²) in [5.74, 6) is 0.232. The lowest BCUT2D eigenvalue weighted by Crippen LogP contribution is -2.16. The minimum Gasteiger partial charge on any atom is -0.495 e. The van der Waals surface area contributed by atoms with E-state index in [-0.39, 0.29) is 12.4 Å². The van der Waals surface area contributed by atoms with E-state index >= 15 is 0 Å². The fourth-order valence-corrected chi connectivity index (χ4v) is 1.56. The average Bonchev–Trinajstić information content (AvgIpc) is 2.28. The number of carbonyl (C=O) groups excluding carboxylic acids is 1. The van der Waals surface area contributed by atoms with Gasteiger partial charge in [-0.2, -0.15) is 0 Å². The third-order valence-corrected chi connectivity index (χ3v) is 2.51. The van der Waals surface area contributed by atoms with Gasteiger partial charge in [0, 0.05) is 6.04 Å². The summed E-state index contributed by atoms with van der Waals surface area (Å²) < 4.78 is 9.56. The van der Waals surface area contributed by atoms with Gasteiger partial charge in [0.1, 0.15) is 5.75 Å². The molecule has 0 aliphatic heterocycles. The van der Waals surface area contributed by atoms with Gasteiger partial charge < -0.3 is 15.2 Å². The molecular formula is C11H14ClNO3. The van der Waals surface area contributed by atoms with Crippen molar-refractivity contribution >= 4 is 17.6 Å². The average molecular weight is 244 g/mol. The molecule has 1 rings (SSSR count). The Bertz CT molecular complexity index is 381. The number of halogens is 1. The zero-order chi connectivity index (χ0) is 12.1. The second-order valence-corrected chi connectivity index (χ2v) is 3.69. The van der Waals surface area contributed by atoms with Crippen molar-refractivity contribution in [2.75, 3.05) is 14.2 Å². The lowest BCUT2D eigenvalue weighted by atomic mass is 10.0. The lowest BCUT2D eigenvalue weighted by molar-refractivity contribution is -0.141. The van der Waals surface area contributed by atoms with Gasteiger partial charge in [-0.3, -0.25) is 4.79 Å². The van der Waals surface area contributed by atoms with Crippen LogP contribution in [0.2, 0.25) is 5.02 Å². The summed E-state index contributed by atoms with van der Waals surface area (Å²) in [5, 5.41) is 0.473. The molecule has 5 heteroatoms. The minimum atomic E-state index is -0.421. The predicted molar refractivity (Wildman–Crippen MR) is 61.6 cm³/mol. The van der Waals surface area contributed by atoms with E-state index in [0.29, 0.717) is 10.8 Å². The molecule has 0 bridgehead atoms. The van der Waals surface area contributed by atoms with Crippen molar-refractivity contribution in [3.05, 3.63) is 28.8 Å². The van der Waals surface area contributed by atoms with Gasteiger partial charge in [0.25, 0.3) is 0 Å². The Morgan fingerprint density at radius 1 is 1.50 bits per heavy atom. The summed E-state index contributed by atoms with van der Waals surface area (Å²) >= 11 is 5.95. The molecule has 1 aromatic carbocycles. The second-order valence-electron chi connectivity index (χ2n) is 3.28. The Labute approximate surface area is 99.3 Å². The molecule has 2 N–H and O–H groups in total. The number of carbonyl (C=O) groups is 1. The van der Waals surface area contributed by atoms with Crippen LogP contribution < -0.4 is 10.5 Å². The van der Waals surface area contributed by atoms with Crippen LogP contribution in [0.5, 0.6) is 5.75 Å². The zero-order valence-electron chi connectivity index (χ0n) is 9.20. The third-order valence-electron chi connectivity index (χ3n) is 2.22. The maximum Gasteiger partial charge on any atom is 0.307 e. The zero-order valence-corrected chi connectivity index (χ0v) is 9.95. The quantitative estimate of drug-likeness (QED) is 0.821. The van der Waals surface area contributed by atoms with Gasteiger partial charge in [0.05, 0.1) is 25.7 Å². The van der Waals surface area contributed by atoms with E-state index < -0.39 is 6.04 Å².